The average molecular weight is 591 g/mol. The molecule has 0 heterocycles. The summed E-state index contributed by atoms with van der Waals surface area (Å²) < 4.78 is 0. The van der Waals surface area contributed by atoms with Crippen molar-refractivity contribution in [2.75, 3.05) is 0 Å². The second-order valence-electron chi connectivity index (χ2n) is 10.7. The van der Waals surface area contributed by atoms with E-state index in [1.807, 2.05) is 30.3 Å². The fraction of sp³-hybridized carbons (Fsp3) is 0.312. The molecule has 3 aromatic carbocycles. The number of phenols is 2. The molecule has 0 saturated heterocycles. The third-order valence-electron chi connectivity index (χ3n) is 6.88. The highest BCUT2D eigenvalue weighted by Gasteiger charge is 2.32. The molecule has 8 N–H and O–H groups in total. The van der Waals surface area contributed by atoms with Gasteiger partial charge in [-0.3, -0.25) is 14.4 Å². The van der Waals surface area contributed by atoms with Gasteiger partial charge in [0.1, 0.15) is 29.6 Å². The van der Waals surface area contributed by atoms with Crippen molar-refractivity contribution in [2.24, 2.45) is 11.7 Å². The molecule has 0 aromatic heterocycles. The van der Waals surface area contributed by atoms with Gasteiger partial charge in [-0.1, -0.05) is 68.4 Å². The molecule has 0 saturated carbocycles. The molecule has 3 amide bonds. The third kappa shape index (κ3) is 10.2. The van der Waals surface area contributed by atoms with Crippen LogP contribution in [0.2, 0.25) is 0 Å². The van der Waals surface area contributed by atoms with E-state index in [2.05, 4.69) is 16.0 Å². The first kappa shape index (κ1) is 32.6. The van der Waals surface area contributed by atoms with Crippen LogP contribution < -0.4 is 21.7 Å². The Hall–Kier alpha value is -4.90. The van der Waals surface area contributed by atoms with E-state index in [-0.39, 0.29) is 30.8 Å². The zero-order valence-corrected chi connectivity index (χ0v) is 24.1. The van der Waals surface area contributed by atoms with E-state index < -0.39 is 53.8 Å². The average Bonchev–Trinajstić information content (AvgIpc) is 2.97. The largest absolute Gasteiger partial charge is 0.508 e. The fourth-order valence-electron chi connectivity index (χ4n) is 4.43. The number of amides is 3. The van der Waals surface area contributed by atoms with E-state index in [0.29, 0.717) is 11.1 Å². The minimum atomic E-state index is -1.29. The molecule has 11 heteroatoms. The van der Waals surface area contributed by atoms with Crippen molar-refractivity contribution < 1.29 is 34.5 Å². The van der Waals surface area contributed by atoms with Crippen molar-refractivity contribution in [3.05, 3.63) is 95.6 Å². The quantitative estimate of drug-likeness (QED) is 0.147. The molecule has 0 aliphatic carbocycles. The Balaban J connectivity index is 1.75. The number of rotatable bonds is 14. The molecule has 0 bridgehead atoms. The highest BCUT2D eigenvalue weighted by Crippen LogP contribution is 2.14. The molecule has 0 aliphatic rings. The third-order valence-corrected chi connectivity index (χ3v) is 6.88. The normalized spacial score (nSPS) is 13.8. The van der Waals surface area contributed by atoms with E-state index in [9.17, 15) is 34.5 Å². The maximum absolute atomic E-state index is 13.6. The Morgan fingerprint density at radius 2 is 1.09 bits per heavy atom. The van der Waals surface area contributed by atoms with Crippen LogP contribution in [0.15, 0.2) is 78.9 Å². The van der Waals surface area contributed by atoms with E-state index in [0.717, 1.165) is 5.56 Å². The maximum atomic E-state index is 13.6. The Morgan fingerprint density at radius 3 is 1.58 bits per heavy atom. The number of carbonyl (C=O) groups is 4. The minimum absolute atomic E-state index is 0.0252. The number of carbonyl (C=O) groups excluding carboxylic acids is 3. The molecule has 43 heavy (non-hydrogen) atoms. The topological polar surface area (TPSA) is 191 Å². The molecule has 4 unspecified atom stereocenters. The first-order valence-corrected chi connectivity index (χ1v) is 13.9. The summed E-state index contributed by atoms with van der Waals surface area (Å²) in [5.74, 6) is -3.56. The van der Waals surface area contributed by atoms with Gasteiger partial charge < -0.3 is 37.0 Å². The second-order valence-corrected chi connectivity index (χ2v) is 10.7. The number of hydrogen-bond acceptors (Lipinski definition) is 7. The Morgan fingerprint density at radius 1 is 0.628 bits per heavy atom. The van der Waals surface area contributed by atoms with E-state index in [1.54, 1.807) is 38.1 Å². The van der Waals surface area contributed by atoms with Crippen LogP contribution in [-0.4, -0.2) is 63.2 Å². The van der Waals surface area contributed by atoms with Crippen molar-refractivity contribution in [3.63, 3.8) is 0 Å². The summed E-state index contributed by atoms with van der Waals surface area (Å²) in [5, 5.41) is 36.8. The number of aliphatic carboxylic acids is 1. The molecular weight excluding hydrogens is 552 g/mol. The van der Waals surface area contributed by atoms with Crippen molar-refractivity contribution >= 4 is 23.7 Å². The highest BCUT2D eigenvalue weighted by molar-refractivity contribution is 5.94. The van der Waals surface area contributed by atoms with Crippen LogP contribution in [0.5, 0.6) is 11.5 Å². The Labute approximate surface area is 250 Å². The van der Waals surface area contributed by atoms with Gasteiger partial charge in [-0.05, 0) is 53.3 Å². The van der Waals surface area contributed by atoms with Gasteiger partial charge in [0, 0.05) is 12.8 Å². The van der Waals surface area contributed by atoms with E-state index >= 15 is 0 Å². The molecule has 228 valence electrons. The van der Waals surface area contributed by atoms with Crippen LogP contribution in [0.3, 0.4) is 0 Å². The smallest absolute Gasteiger partial charge is 0.326 e. The van der Waals surface area contributed by atoms with E-state index in [1.165, 1.54) is 24.3 Å². The number of benzene rings is 3. The maximum Gasteiger partial charge on any atom is 0.326 e. The van der Waals surface area contributed by atoms with Crippen molar-refractivity contribution in [1.29, 1.82) is 0 Å². The minimum Gasteiger partial charge on any atom is -0.508 e. The summed E-state index contributed by atoms with van der Waals surface area (Å²) in [4.78, 5) is 51.8. The van der Waals surface area contributed by atoms with Gasteiger partial charge in [0.25, 0.3) is 0 Å². The zero-order chi connectivity index (χ0) is 31.5. The first-order chi connectivity index (χ1) is 20.4. The summed E-state index contributed by atoms with van der Waals surface area (Å²) in [6.07, 6.45) is 0.245. The van der Waals surface area contributed by atoms with Crippen LogP contribution in [0, 0.1) is 5.92 Å². The lowest BCUT2D eigenvalue weighted by atomic mass is 9.99. The van der Waals surface area contributed by atoms with Crippen LogP contribution in [0.25, 0.3) is 0 Å². The number of carboxylic acid groups (broad SMARTS) is 1. The molecule has 0 spiro atoms. The number of carboxylic acids is 1. The Bertz CT molecular complexity index is 1380. The zero-order valence-electron chi connectivity index (χ0n) is 24.1. The number of hydrogen-bond donors (Lipinski definition) is 7. The van der Waals surface area contributed by atoms with Crippen molar-refractivity contribution in [3.8, 4) is 11.5 Å². The molecule has 4 atom stereocenters. The van der Waals surface area contributed by atoms with Gasteiger partial charge in [-0.15, -0.1) is 0 Å². The van der Waals surface area contributed by atoms with Gasteiger partial charge in [0.05, 0.1) is 6.04 Å². The molecule has 3 aromatic rings. The monoisotopic (exact) mass is 590 g/mol. The number of nitrogens with one attached hydrogen (secondary N) is 3. The van der Waals surface area contributed by atoms with Crippen LogP contribution >= 0.6 is 0 Å². The number of nitrogens with two attached hydrogens (primary N) is 1. The van der Waals surface area contributed by atoms with Gasteiger partial charge in [0.2, 0.25) is 17.7 Å². The fourth-order valence-corrected chi connectivity index (χ4v) is 4.43. The SMILES string of the molecule is CC(C)C(NC(=O)C(Cc1ccc(O)cc1)NC(=O)C(N)Cc1ccccc1)C(=O)NC(Cc1ccc(O)cc1)C(=O)O. The lowest BCUT2D eigenvalue weighted by molar-refractivity contribution is -0.142. The van der Waals surface area contributed by atoms with E-state index in [4.69, 9.17) is 5.73 Å². The molecule has 3 rings (SSSR count). The Kier molecular flexibility index (Phi) is 11.7. The van der Waals surface area contributed by atoms with Crippen LogP contribution in [0.1, 0.15) is 30.5 Å². The first-order valence-electron chi connectivity index (χ1n) is 13.9. The van der Waals surface area contributed by atoms with Gasteiger partial charge >= 0.3 is 5.97 Å². The van der Waals surface area contributed by atoms with Gasteiger partial charge in [-0.2, -0.15) is 0 Å². The molecule has 0 fully saturated rings. The van der Waals surface area contributed by atoms with Crippen molar-refractivity contribution in [1.82, 2.24) is 16.0 Å². The van der Waals surface area contributed by atoms with Gasteiger partial charge in [0.15, 0.2) is 0 Å². The predicted molar refractivity (Wildman–Crippen MR) is 160 cm³/mol. The highest BCUT2D eigenvalue weighted by atomic mass is 16.4. The summed E-state index contributed by atoms with van der Waals surface area (Å²) in [6.45, 7) is 3.40. The molecule has 11 nitrogen and oxygen atoms in total. The summed E-state index contributed by atoms with van der Waals surface area (Å²) in [5.41, 5.74) is 8.22. The summed E-state index contributed by atoms with van der Waals surface area (Å²) in [6, 6.07) is 16.8. The molecular formula is C32H38N4O7. The van der Waals surface area contributed by atoms with Gasteiger partial charge in [-0.25, -0.2) is 4.79 Å². The van der Waals surface area contributed by atoms with Crippen molar-refractivity contribution in [2.45, 2.75) is 57.3 Å². The number of aromatic hydroxyl groups is 2. The van der Waals surface area contributed by atoms with Crippen LogP contribution in [0.4, 0.5) is 0 Å². The summed E-state index contributed by atoms with van der Waals surface area (Å²) in [7, 11) is 0. The van der Waals surface area contributed by atoms with Crippen LogP contribution in [-0.2, 0) is 38.4 Å². The molecule has 0 radical (unpaired) electrons. The lowest BCUT2D eigenvalue weighted by Gasteiger charge is -2.27. The standard InChI is InChI=1S/C32H38N4O7/c1-19(2)28(31(41)35-27(32(42)43)18-22-10-14-24(38)15-11-22)36-30(40)26(17-21-8-12-23(37)13-9-21)34-29(39)25(33)16-20-6-4-3-5-7-20/h3-15,19,25-28,37-38H,16-18,33H2,1-2H3,(H,34,39)(H,35,41)(H,36,40)(H,42,43). The lowest BCUT2D eigenvalue weighted by Crippen LogP contribution is -2.59. The number of phenolic OH excluding ortho intramolecular Hbond substituents is 2. The molecule has 0 aliphatic heterocycles. The summed E-state index contributed by atoms with van der Waals surface area (Å²) >= 11 is 0. The second kappa shape index (κ2) is 15.4. The predicted octanol–water partition coefficient (Wildman–Crippen LogP) is 1.65.